The van der Waals surface area contributed by atoms with Crippen molar-refractivity contribution in [1.82, 2.24) is 0 Å². The first kappa shape index (κ1) is 12.0. The smallest absolute Gasteiger partial charge is 0.184 e. The molecule has 6 nitrogen and oxygen atoms in total. The first-order valence-corrected chi connectivity index (χ1v) is 4.53. The predicted molar refractivity (Wildman–Crippen MR) is 35.0 cm³/mol. The number of rotatable bonds is 0. The zero-order chi connectivity index (χ0) is 7.40. The largest absolute Gasteiger partial charge is 0.778 e. The summed E-state index contributed by atoms with van der Waals surface area (Å²) in [6, 6.07) is 0. The summed E-state index contributed by atoms with van der Waals surface area (Å²) < 4.78 is 33.5. The molecule has 0 aromatic heterocycles. The fourth-order valence-corrected chi connectivity index (χ4v) is 1.43. The van der Waals surface area contributed by atoms with Crippen LogP contribution in [0.4, 0.5) is 0 Å². The van der Waals surface area contributed by atoms with Crippen LogP contribution in [-0.2, 0) is 27.5 Å². The molecule has 0 amide bonds. The molecule has 11 heavy (non-hydrogen) atoms. The van der Waals surface area contributed by atoms with E-state index in [9.17, 15) is 9.13 Å². The molecule has 9 heteroatoms. The molecule has 1 fully saturated rings. The molecule has 0 spiro atoms. The van der Waals surface area contributed by atoms with Crippen LogP contribution in [0.5, 0.6) is 0 Å². The van der Waals surface area contributed by atoms with Gasteiger partial charge < -0.3 is 0 Å². The second-order valence-corrected chi connectivity index (χ2v) is 3.21. The third-order valence-corrected chi connectivity index (χ3v) is 2.30. The van der Waals surface area contributed by atoms with E-state index < -0.39 is 16.5 Å². The zero-order valence-electron chi connectivity index (χ0n) is 5.76. The summed E-state index contributed by atoms with van der Waals surface area (Å²) in [5.41, 5.74) is 0. The molecule has 0 aromatic rings. The van der Waals surface area contributed by atoms with Crippen molar-refractivity contribution >= 4 is 46.1 Å². The molecule has 2 atom stereocenters. The van der Waals surface area contributed by atoms with Gasteiger partial charge in [-0.2, -0.15) is 4.89 Å². The Morgan fingerprint density at radius 2 is 1.82 bits per heavy atom. The van der Waals surface area contributed by atoms with Gasteiger partial charge in [-0.1, -0.05) is 0 Å². The Labute approximate surface area is 86.7 Å². The van der Waals surface area contributed by atoms with Gasteiger partial charge in [0.2, 0.25) is 0 Å². The molecule has 0 saturated carbocycles. The van der Waals surface area contributed by atoms with Gasteiger partial charge in [0, 0.05) is 38.7 Å². The fourth-order valence-electron chi connectivity index (χ4n) is 0.318. The molecule has 57 valence electrons. The van der Waals surface area contributed by atoms with E-state index >= 15 is 0 Å². The monoisotopic (exact) mass is 209 g/mol. The minimum Gasteiger partial charge on any atom is -0.184 e. The Balaban J connectivity index is 0.000001000. The van der Waals surface area contributed by atoms with Crippen LogP contribution in [0.25, 0.3) is 0 Å². The van der Waals surface area contributed by atoms with Gasteiger partial charge in [0.05, 0.1) is 4.67 Å². The molecular formula is C2H4NaO6P2+2. The Hall–Kier alpha value is 1.04. The molecule has 1 rings (SSSR count). The maximum atomic E-state index is 10.4. The molecule has 0 aromatic carbocycles. The van der Waals surface area contributed by atoms with Crippen molar-refractivity contribution in [3.63, 3.8) is 0 Å². The van der Waals surface area contributed by atoms with E-state index in [0.29, 0.717) is 0 Å². The number of hydrogen-bond donors (Lipinski definition) is 0. The van der Waals surface area contributed by atoms with E-state index in [1.165, 1.54) is 0 Å². The summed E-state index contributed by atoms with van der Waals surface area (Å²) in [4.78, 5) is 4.27. The van der Waals surface area contributed by atoms with E-state index in [1.807, 2.05) is 0 Å². The van der Waals surface area contributed by atoms with Crippen molar-refractivity contribution in [2.45, 2.75) is 0 Å². The molecule has 0 bridgehead atoms. The van der Waals surface area contributed by atoms with Gasteiger partial charge in [0.1, 0.15) is 13.2 Å². The minimum absolute atomic E-state index is 0. The van der Waals surface area contributed by atoms with Crippen molar-refractivity contribution in [3.05, 3.63) is 0 Å². The van der Waals surface area contributed by atoms with Crippen LogP contribution >= 0.6 is 16.5 Å². The third kappa shape index (κ3) is 5.31. The van der Waals surface area contributed by atoms with Gasteiger partial charge in [-0.25, -0.2) is 0 Å². The first-order valence-electron chi connectivity index (χ1n) is 2.34. The van der Waals surface area contributed by atoms with E-state index in [4.69, 9.17) is 0 Å². The minimum atomic E-state index is -2.46. The predicted octanol–water partition coefficient (Wildman–Crippen LogP) is 0.915. The summed E-state index contributed by atoms with van der Waals surface area (Å²) in [7, 11) is -4.77. The molecule has 1 heterocycles. The van der Waals surface area contributed by atoms with Crippen molar-refractivity contribution in [1.29, 1.82) is 0 Å². The van der Waals surface area contributed by atoms with Gasteiger partial charge in [-0.05, 0) is 0 Å². The van der Waals surface area contributed by atoms with Gasteiger partial charge in [0.15, 0.2) is 4.31 Å². The van der Waals surface area contributed by atoms with Gasteiger partial charge in [0.25, 0.3) is 0 Å². The summed E-state index contributed by atoms with van der Waals surface area (Å²) in [6.07, 6.45) is 0. The van der Waals surface area contributed by atoms with Crippen LogP contribution in [0.3, 0.4) is 0 Å². The summed E-state index contributed by atoms with van der Waals surface area (Å²) in [5.74, 6) is 0. The van der Waals surface area contributed by atoms with E-state index in [2.05, 4.69) is 18.4 Å². The van der Waals surface area contributed by atoms with Gasteiger partial charge in [-0.15, -0.1) is 4.52 Å². The molecular weight excluding hydrogens is 205 g/mol. The van der Waals surface area contributed by atoms with Crippen molar-refractivity contribution in [2.24, 2.45) is 0 Å². The van der Waals surface area contributed by atoms with E-state index in [1.54, 1.807) is 0 Å². The van der Waals surface area contributed by atoms with Crippen LogP contribution in [0.2, 0.25) is 0 Å². The average Bonchev–Trinajstić information content (AvgIpc) is 1.83. The maximum Gasteiger partial charge on any atom is 0.778 e. The average molecular weight is 209 g/mol. The van der Waals surface area contributed by atoms with Crippen LogP contribution in [0.15, 0.2) is 0 Å². The van der Waals surface area contributed by atoms with E-state index in [-0.39, 0.29) is 42.8 Å². The van der Waals surface area contributed by atoms with Gasteiger partial charge in [-0.3, -0.25) is 0 Å². The summed E-state index contributed by atoms with van der Waals surface area (Å²) in [5, 5.41) is 0. The van der Waals surface area contributed by atoms with Gasteiger partial charge >= 0.3 is 16.5 Å². The Bertz CT molecular complexity index is 145. The van der Waals surface area contributed by atoms with Crippen LogP contribution in [-0.4, -0.2) is 42.8 Å². The summed E-state index contributed by atoms with van der Waals surface area (Å²) in [6.45, 7) is 0.184. The molecule has 1 aliphatic heterocycles. The molecule has 1 saturated heterocycles. The van der Waals surface area contributed by atoms with Crippen molar-refractivity contribution < 1.29 is 27.5 Å². The molecule has 0 N–H and O–H groups in total. The zero-order valence-corrected chi connectivity index (χ0v) is 9.55. The SMILES string of the molecule is O=[P+]1OCCOO[P+](=O)O1.[Na]. The second kappa shape index (κ2) is 6.54. The van der Waals surface area contributed by atoms with Crippen molar-refractivity contribution in [2.75, 3.05) is 13.2 Å². The van der Waals surface area contributed by atoms with Crippen LogP contribution in [0, 0.1) is 0 Å². The fraction of sp³-hybridized carbons (Fsp3) is 1.00. The summed E-state index contributed by atoms with van der Waals surface area (Å²) >= 11 is 0. The second-order valence-electron chi connectivity index (χ2n) is 1.26. The third-order valence-electron chi connectivity index (χ3n) is 0.610. The Morgan fingerprint density at radius 3 is 2.55 bits per heavy atom. The Kier molecular flexibility index (Phi) is 7.16. The molecule has 1 radical (unpaired) electrons. The quantitative estimate of drug-likeness (QED) is 0.335. The van der Waals surface area contributed by atoms with E-state index in [0.717, 1.165) is 0 Å². The normalized spacial score (nSPS) is 26.5. The van der Waals surface area contributed by atoms with Crippen LogP contribution < -0.4 is 0 Å². The molecule has 2 unspecified atom stereocenters. The molecule has 0 aliphatic carbocycles. The van der Waals surface area contributed by atoms with Crippen LogP contribution in [0.1, 0.15) is 0 Å². The maximum absolute atomic E-state index is 10.4. The Morgan fingerprint density at radius 1 is 1.09 bits per heavy atom. The topological polar surface area (TPSA) is 71.1 Å². The number of hydrogen-bond acceptors (Lipinski definition) is 6. The standard InChI is InChI=1S/C2H4O6P2.Na/c3-9-6-2-1-5-7-10(4)8-9;/h1-2H2;/q+2;. The van der Waals surface area contributed by atoms with Crippen molar-refractivity contribution in [3.8, 4) is 0 Å². The first-order chi connectivity index (χ1) is 4.79. The molecule has 1 aliphatic rings.